The average molecular weight is 229 g/mol. The maximum absolute atomic E-state index is 11.3. The summed E-state index contributed by atoms with van der Waals surface area (Å²) in [5.41, 5.74) is 14.1. The number of hydrogen-bond donors (Lipinski definition) is 3. The lowest BCUT2D eigenvalue weighted by Crippen LogP contribution is -2.14. The van der Waals surface area contributed by atoms with Crippen molar-refractivity contribution in [3.05, 3.63) is 41.0 Å². The van der Waals surface area contributed by atoms with Crippen molar-refractivity contribution in [1.29, 1.82) is 5.41 Å². The van der Waals surface area contributed by atoms with E-state index in [1.807, 2.05) is 18.2 Å². The molecule has 1 aliphatic carbocycles. The number of allylic oxidation sites excluding steroid dienone is 1. The molecule has 4 heteroatoms. The van der Waals surface area contributed by atoms with Gasteiger partial charge in [0.1, 0.15) is 5.84 Å². The summed E-state index contributed by atoms with van der Waals surface area (Å²) in [6.45, 7) is 0. The number of benzene rings is 1. The number of carbonyl (C=O) groups excluding carboxylic acids is 1. The van der Waals surface area contributed by atoms with Crippen LogP contribution < -0.4 is 11.5 Å². The van der Waals surface area contributed by atoms with Crippen LogP contribution in [0.2, 0.25) is 0 Å². The van der Waals surface area contributed by atoms with E-state index < -0.39 is 0 Å². The van der Waals surface area contributed by atoms with E-state index in [2.05, 4.69) is 0 Å². The minimum Gasteiger partial charge on any atom is -0.384 e. The zero-order valence-electron chi connectivity index (χ0n) is 9.49. The summed E-state index contributed by atoms with van der Waals surface area (Å²) in [5.74, 6) is -0.309. The number of amides is 1. The molecule has 0 saturated heterocycles. The zero-order valence-corrected chi connectivity index (χ0v) is 9.49. The molecule has 1 aromatic carbocycles. The van der Waals surface area contributed by atoms with Crippen LogP contribution in [-0.4, -0.2) is 11.7 Å². The summed E-state index contributed by atoms with van der Waals surface area (Å²) < 4.78 is 0. The van der Waals surface area contributed by atoms with Gasteiger partial charge in [-0.15, -0.1) is 0 Å². The summed E-state index contributed by atoms with van der Waals surface area (Å²) in [6.07, 6.45) is 2.56. The average Bonchev–Trinajstić information content (AvgIpc) is 2.78. The lowest BCUT2D eigenvalue weighted by Gasteiger charge is -2.07. The molecule has 0 atom stereocenters. The number of rotatable bonds is 3. The van der Waals surface area contributed by atoms with E-state index in [4.69, 9.17) is 16.9 Å². The van der Waals surface area contributed by atoms with E-state index in [0.717, 1.165) is 30.4 Å². The highest BCUT2D eigenvalue weighted by atomic mass is 16.1. The predicted octanol–water partition coefficient (Wildman–Crippen LogP) is 1.39. The van der Waals surface area contributed by atoms with Crippen molar-refractivity contribution in [3.63, 3.8) is 0 Å². The van der Waals surface area contributed by atoms with Gasteiger partial charge in [0.25, 0.3) is 0 Å². The Bertz CT molecular complexity index is 517. The molecule has 88 valence electrons. The van der Waals surface area contributed by atoms with Crippen LogP contribution in [0, 0.1) is 5.41 Å². The Kier molecular flexibility index (Phi) is 2.95. The molecule has 0 fully saturated rings. The van der Waals surface area contributed by atoms with Gasteiger partial charge in [0.05, 0.1) is 0 Å². The third-order valence-corrected chi connectivity index (χ3v) is 3.04. The lowest BCUT2D eigenvalue weighted by molar-refractivity contribution is -0.114. The SMILES string of the molecule is N=C(N)c1cccc(C2=C(C(N)=O)CCC2)c1. The van der Waals surface area contributed by atoms with Crippen molar-refractivity contribution in [2.45, 2.75) is 19.3 Å². The monoisotopic (exact) mass is 229 g/mol. The Balaban J connectivity index is 2.46. The Hall–Kier alpha value is -2.10. The van der Waals surface area contributed by atoms with E-state index in [9.17, 15) is 4.79 Å². The second-order valence-corrected chi connectivity index (χ2v) is 4.17. The summed E-state index contributed by atoms with van der Waals surface area (Å²) in [5, 5.41) is 7.41. The molecule has 1 amide bonds. The first kappa shape index (κ1) is 11.4. The summed E-state index contributed by atoms with van der Waals surface area (Å²) >= 11 is 0. The molecular weight excluding hydrogens is 214 g/mol. The fraction of sp³-hybridized carbons (Fsp3) is 0.231. The van der Waals surface area contributed by atoms with Gasteiger partial charge in [-0.25, -0.2) is 0 Å². The largest absolute Gasteiger partial charge is 0.384 e. The van der Waals surface area contributed by atoms with Crippen LogP contribution in [0.1, 0.15) is 30.4 Å². The van der Waals surface area contributed by atoms with Gasteiger partial charge in [-0.3, -0.25) is 10.2 Å². The summed E-state index contributed by atoms with van der Waals surface area (Å²) in [7, 11) is 0. The number of hydrogen-bond acceptors (Lipinski definition) is 2. The highest BCUT2D eigenvalue weighted by Crippen LogP contribution is 2.33. The fourth-order valence-corrected chi connectivity index (χ4v) is 2.21. The third kappa shape index (κ3) is 2.20. The molecule has 0 saturated carbocycles. The number of nitrogens with one attached hydrogen (secondary N) is 1. The van der Waals surface area contributed by atoms with Crippen molar-refractivity contribution in [3.8, 4) is 0 Å². The molecule has 0 bridgehead atoms. The van der Waals surface area contributed by atoms with Crippen LogP contribution in [0.25, 0.3) is 5.57 Å². The maximum Gasteiger partial charge on any atom is 0.244 e. The van der Waals surface area contributed by atoms with Crippen molar-refractivity contribution in [2.75, 3.05) is 0 Å². The number of carbonyl (C=O) groups is 1. The van der Waals surface area contributed by atoms with Gasteiger partial charge in [-0.2, -0.15) is 0 Å². The number of amidine groups is 1. The quantitative estimate of drug-likeness (QED) is 0.539. The van der Waals surface area contributed by atoms with Crippen molar-refractivity contribution in [2.24, 2.45) is 11.5 Å². The maximum atomic E-state index is 11.3. The highest BCUT2D eigenvalue weighted by Gasteiger charge is 2.20. The fourth-order valence-electron chi connectivity index (χ4n) is 2.21. The molecule has 1 aromatic rings. The Morgan fingerprint density at radius 3 is 2.65 bits per heavy atom. The van der Waals surface area contributed by atoms with Gasteiger partial charge >= 0.3 is 0 Å². The van der Waals surface area contributed by atoms with E-state index in [-0.39, 0.29) is 11.7 Å². The molecule has 17 heavy (non-hydrogen) atoms. The molecule has 0 aromatic heterocycles. The molecule has 2 rings (SSSR count). The van der Waals surface area contributed by atoms with Gasteiger partial charge in [-0.05, 0) is 36.5 Å². The topological polar surface area (TPSA) is 93.0 Å². The van der Waals surface area contributed by atoms with Crippen molar-refractivity contribution in [1.82, 2.24) is 0 Å². The molecule has 1 aliphatic rings. The summed E-state index contributed by atoms with van der Waals surface area (Å²) in [4.78, 5) is 11.3. The minimum atomic E-state index is -0.342. The second-order valence-electron chi connectivity index (χ2n) is 4.17. The molecule has 4 nitrogen and oxygen atoms in total. The van der Waals surface area contributed by atoms with E-state index in [1.54, 1.807) is 6.07 Å². The molecule has 0 aliphatic heterocycles. The molecular formula is C13H15N3O. The van der Waals surface area contributed by atoms with E-state index in [0.29, 0.717) is 11.1 Å². The van der Waals surface area contributed by atoms with E-state index in [1.165, 1.54) is 0 Å². The molecule has 0 unspecified atom stereocenters. The number of nitrogens with two attached hydrogens (primary N) is 2. The van der Waals surface area contributed by atoms with Gasteiger partial charge in [0.15, 0.2) is 0 Å². The van der Waals surface area contributed by atoms with Crippen LogP contribution in [-0.2, 0) is 4.79 Å². The standard InChI is InChI=1S/C13H15N3O/c14-12(15)9-4-1-3-8(7-9)10-5-2-6-11(10)13(16)17/h1,3-4,7H,2,5-6H2,(H3,14,15)(H2,16,17). The van der Waals surface area contributed by atoms with Crippen LogP contribution in [0.4, 0.5) is 0 Å². The van der Waals surface area contributed by atoms with Crippen LogP contribution in [0.5, 0.6) is 0 Å². The first-order valence-electron chi connectivity index (χ1n) is 5.56. The molecule has 0 spiro atoms. The van der Waals surface area contributed by atoms with E-state index >= 15 is 0 Å². The smallest absolute Gasteiger partial charge is 0.244 e. The molecule has 5 N–H and O–H groups in total. The number of primary amides is 1. The van der Waals surface area contributed by atoms with Crippen LogP contribution in [0.3, 0.4) is 0 Å². The van der Waals surface area contributed by atoms with Gasteiger partial charge in [-0.1, -0.05) is 18.2 Å². The minimum absolute atomic E-state index is 0.0334. The third-order valence-electron chi connectivity index (χ3n) is 3.04. The normalized spacial score (nSPS) is 15.1. The van der Waals surface area contributed by atoms with Crippen LogP contribution >= 0.6 is 0 Å². The highest BCUT2D eigenvalue weighted by molar-refractivity contribution is 6.02. The van der Waals surface area contributed by atoms with Crippen molar-refractivity contribution < 1.29 is 4.79 Å². The lowest BCUT2D eigenvalue weighted by atomic mass is 9.99. The molecule has 0 heterocycles. The first-order chi connectivity index (χ1) is 8.09. The predicted molar refractivity (Wildman–Crippen MR) is 67.4 cm³/mol. The van der Waals surface area contributed by atoms with Gasteiger partial charge < -0.3 is 11.5 Å². The Morgan fingerprint density at radius 1 is 1.24 bits per heavy atom. The Morgan fingerprint density at radius 2 is 2.00 bits per heavy atom. The second kappa shape index (κ2) is 4.41. The number of nitrogen functional groups attached to an aromatic ring is 1. The molecule has 0 radical (unpaired) electrons. The zero-order chi connectivity index (χ0) is 12.4. The van der Waals surface area contributed by atoms with Gasteiger partial charge in [0, 0.05) is 11.1 Å². The Labute approximate surface area is 99.8 Å². The van der Waals surface area contributed by atoms with Crippen LogP contribution in [0.15, 0.2) is 29.8 Å². The summed E-state index contributed by atoms with van der Waals surface area (Å²) in [6, 6.07) is 7.39. The van der Waals surface area contributed by atoms with Crippen molar-refractivity contribution >= 4 is 17.3 Å². The first-order valence-corrected chi connectivity index (χ1v) is 5.56. The van der Waals surface area contributed by atoms with Gasteiger partial charge in [0.2, 0.25) is 5.91 Å².